The first kappa shape index (κ1) is 18.2. The third-order valence-corrected chi connectivity index (χ3v) is 3.80. The van der Waals surface area contributed by atoms with Crippen molar-refractivity contribution in [3.63, 3.8) is 0 Å². The first-order chi connectivity index (χ1) is 9.74. The Morgan fingerprint density at radius 2 is 2.05 bits per heavy atom. The third kappa shape index (κ3) is 6.22. The van der Waals surface area contributed by atoms with E-state index in [0.717, 1.165) is 13.0 Å². The van der Waals surface area contributed by atoms with Crippen molar-refractivity contribution >= 4 is 6.09 Å². The Bertz CT molecular complexity index is 324. The van der Waals surface area contributed by atoms with Gasteiger partial charge in [-0.2, -0.15) is 0 Å². The van der Waals surface area contributed by atoms with Crippen molar-refractivity contribution in [1.29, 1.82) is 0 Å². The van der Waals surface area contributed by atoms with Gasteiger partial charge < -0.3 is 14.7 Å². The molecule has 0 saturated carbocycles. The number of rotatable bonds is 5. The number of amides is 1. The van der Waals surface area contributed by atoms with E-state index in [4.69, 9.17) is 4.74 Å². The second-order valence-corrected chi connectivity index (χ2v) is 7.14. The molecule has 0 bridgehead atoms. The predicted octanol–water partition coefficient (Wildman–Crippen LogP) is 2.48. The predicted molar refractivity (Wildman–Crippen MR) is 84.4 cm³/mol. The molecule has 0 unspecified atom stereocenters. The van der Waals surface area contributed by atoms with Gasteiger partial charge in [-0.05, 0) is 54.0 Å². The van der Waals surface area contributed by atoms with Gasteiger partial charge in [0, 0.05) is 25.2 Å². The summed E-state index contributed by atoms with van der Waals surface area (Å²) in [5, 5.41) is 9.19. The Morgan fingerprint density at radius 3 is 2.57 bits per heavy atom. The van der Waals surface area contributed by atoms with Crippen molar-refractivity contribution in [2.75, 3.05) is 26.2 Å². The summed E-state index contributed by atoms with van der Waals surface area (Å²) in [6.07, 6.45) is 3.19. The lowest BCUT2D eigenvalue weighted by Crippen LogP contribution is -2.51. The van der Waals surface area contributed by atoms with Crippen LogP contribution in [-0.2, 0) is 4.74 Å². The molecule has 124 valence electrons. The van der Waals surface area contributed by atoms with Gasteiger partial charge in [-0.25, -0.2) is 4.79 Å². The number of aliphatic hydroxyl groups is 1. The van der Waals surface area contributed by atoms with Crippen LogP contribution in [0.2, 0.25) is 0 Å². The Labute approximate surface area is 129 Å². The monoisotopic (exact) mass is 300 g/mol. The first-order valence-electron chi connectivity index (χ1n) is 8.09. The maximum atomic E-state index is 12.4. The molecule has 1 rings (SSSR count). The molecule has 0 radical (unpaired) electrons. The Balaban J connectivity index is 2.70. The Kier molecular flexibility index (Phi) is 6.94. The number of ether oxygens (including phenoxy) is 1. The van der Waals surface area contributed by atoms with E-state index >= 15 is 0 Å². The number of hydrogen-bond acceptors (Lipinski definition) is 4. The number of nitrogens with zero attached hydrogens (tertiary/aromatic N) is 2. The molecule has 5 heteroatoms. The molecule has 5 nitrogen and oxygen atoms in total. The number of aliphatic hydroxyl groups excluding tert-OH is 1. The molecule has 0 aromatic heterocycles. The molecule has 1 aliphatic heterocycles. The number of piperidine rings is 1. The van der Waals surface area contributed by atoms with Crippen LogP contribution < -0.4 is 0 Å². The zero-order valence-corrected chi connectivity index (χ0v) is 14.3. The van der Waals surface area contributed by atoms with Crippen LogP contribution in [-0.4, -0.2) is 64.9 Å². The van der Waals surface area contributed by atoms with Gasteiger partial charge in [0.15, 0.2) is 0 Å². The molecule has 1 aliphatic rings. The molecular formula is C16H32N2O3. The highest BCUT2D eigenvalue weighted by atomic mass is 16.6. The highest BCUT2D eigenvalue weighted by Crippen LogP contribution is 2.20. The van der Waals surface area contributed by atoms with Crippen LogP contribution in [0.1, 0.15) is 53.9 Å². The summed E-state index contributed by atoms with van der Waals surface area (Å²) in [5.41, 5.74) is -0.471. The molecule has 21 heavy (non-hydrogen) atoms. The fraction of sp³-hybridized carbons (Fsp3) is 0.938. The third-order valence-electron chi connectivity index (χ3n) is 3.80. The maximum Gasteiger partial charge on any atom is 0.410 e. The Hall–Kier alpha value is -0.810. The fourth-order valence-electron chi connectivity index (χ4n) is 2.73. The molecule has 1 heterocycles. The Morgan fingerprint density at radius 1 is 1.38 bits per heavy atom. The average molecular weight is 300 g/mol. The summed E-state index contributed by atoms with van der Waals surface area (Å²) in [7, 11) is 0. The van der Waals surface area contributed by atoms with Gasteiger partial charge in [0.1, 0.15) is 5.60 Å². The van der Waals surface area contributed by atoms with Crippen LogP contribution in [0.5, 0.6) is 0 Å². The largest absolute Gasteiger partial charge is 0.444 e. The van der Waals surface area contributed by atoms with E-state index in [1.807, 2.05) is 39.5 Å². The summed E-state index contributed by atoms with van der Waals surface area (Å²) in [4.78, 5) is 16.5. The van der Waals surface area contributed by atoms with Gasteiger partial charge in [-0.3, -0.25) is 4.90 Å². The number of carbonyl (C=O) groups excluding carboxylic acids is 1. The summed E-state index contributed by atoms with van der Waals surface area (Å²) < 4.78 is 5.52. The van der Waals surface area contributed by atoms with Crippen molar-refractivity contribution in [3.8, 4) is 0 Å². The van der Waals surface area contributed by atoms with Crippen molar-refractivity contribution in [2.45, 2.75) is 71.6 Å². The average Bonchev–Trinajstić information content (AvgIpc) is 2.35. The number of β-amino-alcohol motifs (C(OH)–C–C–N with tert-alkyl or cyclic N) is 1. The fourth-order valence-corrected chi connectivity index (χ4v) is 2.73. The van der Waals surface area contributed by atoms with E-state index in [1.54, 1.807) is 0 Å². The number of carbonyl (C=O) groups is 1. The summed E-state index contributed by atoms with van der Waals surface area (Å²) >= 11 is 0. The van der Waals surface area contributed by atoms with Crippen LogP contribution in [0.3, 0.4) is 0 Å². The zero-order valence-electron chi connectivity index (χ0n) is 14.3. The van der Waals surface area contributed by atoms with Crippen LogP contribution >= 0.6 is 0 Å². The van der Waals surface area contributed by atoms with Gasteiger partial charge in [-0.1, -0.05) is 6.42 Å². The molecule has 0 aromatic carbocycles. The van der Waals surface area contributed by atoms with E-state index in [0.29, 0.717) is 19.1 Å². The SMILES string of the molecule is CC(C)N(C[C@@H]1CCCCN1CCO)C(=O)OC(C)(C)C. The van der Waals surface area contributed by atoms with Gasteiger partial charge in [0.2, 0.25) is 0 Å². The van der Waals surface area contributed by atoms with Crippen molar-refractivity contribution in [1.82, 2.24) is 9.80 Å². The van der Waals surface area contributed by atoms with Crippen molar-refractivity contribution in [2.24, 2.45) is 0 Å². The molecule has 1 atom stereocenters. The van der Waals surface area contributed by atoms with Gasteiger partial charge in [0.05, 0.1) is 6.61 Å². The highest BCUT2D eigenvalue weighted by molar-refractivity contribution is 5.68. The molecule has 0 aliphatic carbocycles. The van der Waals surface area contributed by atoms with E-state index < -0.39 is 5.60 Å². The summed E-state index contributed by atoms with van der Waals surface area (Å²) in [6.45, 7) is 12.2. The zero-order chi connectivity index (χ0) is 16.0. The second kappa shape index (κ2) is 7.99. The number of likely N-dealkylation sites (tertiary alicyclic amines) is 1. The quantitative estimate of drug-likeness (QED) is 0.847. The number of hydrogen-bond donors (Lipinski definition) is 1. The topological polar surface area (TPSA) is 53.0 Å². The molecule has 0 spiro atoms. The minimum Gasteiger partial charge on any atom is -0.444 e. The lowest BCUT2D eigenvalue weighted by Gasteiger charge is -2.40. The minimum absolute atomic E-state index is 0.109. The van der Waals surface area contributed by atoms with E-state index in [9.17, 15) is 9.90 Å². The van der Waals surface area contributed by atoms with Crippen LogP contribution in [0.25, 0.3) is 0 Å². The molecule has 1 fully saturated rings. The lowest BCUT2D eigenvalue weighted by atomic mass is 10.0. The normalized spacial score (nSPS) is 20.6. The van der Waals surface area contributed by atoms with Crippen molar-refractivity contribution in [3.05, 3.63) is 0 Å². The smallest absolute Gasteiger partial charge is 0.410 e. The van der Waals surface area contributed by atoms with E-state index in [-0.39, 0.29) is 18.7 Å². The summed E-state index contributed by atoms with van der Waals surface area (Å²) in [6, 6.07) is 0.429. The minimum atomic E-state index is -0.471. The molecule has 0 aromatic rings. The van der Waals surface area contributed by atoms with Gasteiger partial charge in [-0.15, -0.1) is 0 Å². The summed E-state index contributed by atoms with van der Waals surface area (Å²) in [5.74, 6) is 0. The van der Waals surface area contributed by atoms with E-state index in [1.165, 1.54) is 12.8 Å². The molecule has 1 N–H and O–H groups in total. The van der Waals surface area contributed by atoms with Gasteiger partial charge >= 0.3 is 6.09 Å². The van der Waals surface area contributed by atoms with Crippen LogP contribution in [0.4, 0.5) is 4.79 Å². The van der Waals surface area contributed by atoms with Crippen molar-refractivity contribution < 1.29 is 14.6 Å². The first-order valence-corrected chi connectivity index (χ1v) is 8.09. The second-order valence-electron chi connectivity index (χ2n) is 7.14. The maximum absolute atomic E-state index is 12.4. The van der Waals surface area contributed by atoms with E-state index in [2.05, 4.69) is 4.90 Å². The lowest BCUT2D eigenvalue weighted by molar-refractivity contribution is 0.00775. The van der Waals surface area contributed by atoms with Crippen LogP contribution in [0, 0.1) is 0 Å². The molecular weight excluding hydrogens is 268 g/mol. The van der Waals surface area contributed by atoms with Gasteiger partial charge in [0.25, 0.3) is 0 Å². The highest BCUT2D eigenvalue weighted by Gasteiger charge is 2.30. The molecule has 1 saturated heterocycles. The standard InChI is InChI=1S/C16H32N2O3/c1-13(2)18(15(20)21-16(3,4)5)12-14-8-6-7-9-17(14)10-11-19/h13-14,19H,6-12H2,1-5H3/t14-/m0/s1. The molecule has 1 amide bonds. The van der Waals surface area contributed by atoms with Crippen LogP contribution in [0.15, 0.2) is 0 Å².